The van der Waals surface area contributed by atoms with Crippen LogP contribution in [0.3, 0.4) is 0 Å². The number of hydrogen-bond acceptors (Lipinski definition) is 3. The van der Waals surface area contributed by atoms with E-state index in [-0.39, 0.29) is 12.8 Å². The largest absolute Gasteiger partial charge is 0.820 e. The molecule has 0 radical (unpaired) electrons. The molecular formula is C2H9NO3P-. The van der Waals surface area contributed by atoms with E-state index >= 15 is 0 Å². The third-order valence-electron chi connectivity index (χ3n) is 0.235. The van der Waals surface area contributed by atoms with Gasteiger partial charge in [-0.2, -0.15) is 8.60 Å². The van der Waals surface area contributed by atoms with Crippen LogP contribution >= 0.6 is 8.60 Å². The van der Waals surface area contributed by atoms with Gasteiger partial charge in [-0.15, -0.1) is 0 Å². The normalized spacial score (nSPS) is 8.57. The van der Waals surface area contributed by atoms with Gasteiger partial charge in [-0.1, -0.05) is 0 Å². The monoisotopic (exact) mass is 126 g/mol. The van der Waals surface area contributed by atoms with E-state index in [9.17, 15) is 9.79 Å². The maximum Gasteiger partial charge on any atom is 0.0447 e. The molecule has 0 aliphatic carbocycles. The van der Waals surface area contributed by atoms with Crippen LogP contribution in [0.4, 0.5) is 0 Å². The topological polar surface area (TPSA) is 91.8 Å². The van der Waals surface area contributed by atoms with E-state index in [1.165, 1.54) is 0 Å². The average molecular weight is 126 g/mol. The smallest absolute Gasteiger partial charge is 0.0447 e. The maximum absolute atomic E-state index is 9.41. The van der Waals surface area contributed by atoms with E-state index < -0.39 is 8.60 Å². The summed E-state index contributed by atoms with van der Waals surface area (Å²) >= 11 is 0. The van der Waals surface area contributed by atoms with Crippen LogP contribution in [0.1, 0.15) is 6.92 Å². The lowest BCUT2D eigenvalue weighted by molar-refractivity contribution is -0.317. The molecule has 0 aromatic heterocycles. The number of quaternary nitrogens is 1. The molecule has 0 aliphatic rings. The molecule has 0 atom stereocenters. The molecule has 0 heterocycles. The Kier molecular flexibility index (Phi) is 9.22. The van der Waals surface area contributed by atoms with Crippen molar-refractivity contribution in [3.8, 4) is 0 Å². The first-order valence-corrected chi connectivity index (χ1v) is 2.64. The molecule has 0 aromatic rings. The van der Waals surface area contributed by atoms with Gasteiger partial charge in [0.25, 0.3) is 0 Å². The lowest BCUT2D eigenvalue weighted by Crippen LogP contribution is -2.09. The van der Waals surface area contributed by atoms with Gasteiger partial charge < -0.3 is 20.5 Å². The van der Waals surface area contributed by atoms with E-state index in [2.05, 4.69) is 4.52 Å². The molecular weight excluding hydrogens is 117 g/mol. The van der Waals surface area contributed by atoms with Crippen LogP contribution in [0.25, 0.3) is 0 Å². The van der Waals surface area contributed by atoms with Gasteiger partial charge in [0, 0.05) is 6.61 Å². The first kappa shape index (κ1) is 10.3. The Morgan fingerprint density at radius 2 is 2.00 bits per heavy atom. The summed E-state index contributed by atoms with van der Waals surface area (Å²) in [6, 6.07) is 0. The summed E-state index contributed by atoms with van der Waals surface area (Å²) in [4.78, 5) is 18.8. The van der Waals surface area contributed by atoms with Crippen LogP contribution in [-0.4, -0.2) is 6.61 Å². The molecule has 0 aliphatic heterocycles. The fraction of sp³-hybridized carbons (Fsp3) is 1.00. The van der Waals surface area contributed by atoms with Gasteiger partial charge in [0.15, 0.2) is 0 Å². The molecule has 0 unspecified atom stereocenters. The Balaban J connectivity index is 0. The number of hydrogen-bond donors (Lipinski definition) is 1. The molecule has 0 bridgehead atoms. The highest BCUT2D eigenvalue weighted by Gasteiger charge is 1.64. The molecule has 0 rings (SSSR count). The molecule has 5 heteroatoms. The van der Waals surface area contributed by atoms with E-state index in [0.717, 1.165) is 0 Å². The standard InChI is InChI=1S/C2H5O3P.H3N/c1-2-5-6(3)4;/h2H2,1H3;1H3/q-2;/p+1. The zero-order chi connectivity index (χ0) is 4.99. The van der Waals surface area contributed by atoms with E-state index in [1.54, 1.807) is 6.92 Å². The second kappa shape index (κ2) is 6.27. The molecule has 0 saturated heterocycles. The summed E-state index contributed by atoms with van der Waals surface area (Å²) in [5.41, 5.74) is 0. The van der Waals surface area contributed by atoms with Crippen molar-refractivity contribution in [3.63, 3.8) is 0 Å². The van der Waals surface area contributed by atoms with Crippen LogP contribution in [-0.2, 0) is 4.52 Å². The van der Waals surface area contributed by atoms with Crippen LogP contribution < -0.4 is 15.9 Å². The molecule has 7 heavy (non-hydrogen) atoms. The molecule has 0 amide bonds. The molecule has 0 saturated carbocycles. The third kappa shape index (κ3) is 10.7. The predicted molar refractivity (Wildman–Crippen MR) is 24.5 cm³/mol. The van der Waals surface area contributed by atoms with Crippen molar-refractivity contribution in [2.24, 2.45) is 0 Å². The Bertz CT molecular complexity index is 34.1. The van der Waals surface area contributed by atoms with Gasteiger partial charge in [-0.3, -0.25) is 0 Å². The highest BCUT2D eigenvalue weighted by atomic mass is 31.2. The van der Waals surface area contributed by atoms with Gasteiger partial charge in [-0.05, 0) is 6.92 Å². The molecule has 0 fully saturated rings. The lowest BCUT2D eigenvalue weighted by Gasteiger charge is -2.27. The zero-order valence-corrected chi connectivity index (χ0v) is 5.27. The molecule has 0 aromatic carbocycles. The lowest BCUT2D eigenvalue weighted by atomic mass is 10.9. The minimum absolute atomic E-state index is 0. The molecule has 0 spiro atoms. The molecule has 4 nitrogen and oxygen atoms in total. The maximum atomic E-state index is 9.41. The van der Waals surface area contributed by atoms with Crippen LogP contribution in [0.2, 0.25) is 0 Å². The third-order valence-corrected chi connectivity index (χ3v) is 0.704. The van der Waals surface area contributed by atoms with Crippen molar-refractivity contribution < 1.29 is 14.3 Å². The van der Waals surface area contributed by atoms with E-state index in [4.69, 9.17) is 0 Å². The SMILES string of the molecule is CCOP([O-])[O-].[NH4+]. The summed E-state index contributed by atoms with van der Waals surface area (Å²) in [6.07, 6.45) is 0. The van der Waals surface area contributed by atoms with Crippen LogP contribution in [0.5, 0.6) is 0 Å². The first-order valence-electron chi connectivity index (χ1n) is 1.54. The second-order valence-electron chi connectivity index (χ2n) is 0.641. The summed E-state index contributed by atoms with van der Waals surface area (Å²) < 4.78 is 4.00. The van der Waals surface area contributed by atoms with Crippen molar-refractivity contribution in [2.45, 2.75) is 6.92 Å². The van der Waals surface area contributed by atoms with Crippen molar-refractivity contribution in [2.75, 3.05) is 6.61 Å². The minimum Gasteiger partial charge on any atom is -0.820 e. The van der Waals surface area contributed by atoms with Crippen molar-refractivity contribution >= 4 is 8.60 Å². The minimum atomic E-state index is -2.60. The summed E-state index contributed by atoms with van der Waals surface area (Å²) in [6.45, 7) is 1.85. The average Bonchev–Trinajstić information content (AvgIpc) is 1.35. The predicted octanol–water partition coefficient (Wildman–Crippen LogP) is -0.653. The van der Waals surface area contributed by atoms with Crippen molar-refractivity contribution in [1.82, 2.24) is 6.15 Å². The fourth-order valence-corrected chi connectivity index (χ4v) is 0.316. The van der Waals surface area contributed by atoms with Gasteiger partial charge in [0.2, 0.25) is 0 Å². The fourth-order valence-electron chi connectivity index (χ4n) is 0.105. The Morgan fingerprint density at radius 1 is 1.57 bits per heavy atom. The molecule has 4 N–H and O–H groups in total. The molecule has 46 valence electrons. The van der Waals surface area contributed by atoms with Gasteiger partial charge in [0.1, 0.15) is 0 Å². The van der Waals surface area contributed by atoms with Gasteiger partial charge >= 0.3 is 0 Å². The summed E-state index contributed by atoms with van der Waals surface area (Å²) in [7, 11) is -2.60. The van der Waals surface area contributed by atoms with Crippen molar-refractivity contribution in [1.29, 1.82) is 0 Å². The quantitative estimate of drug-likeness (QED) is 0.498. The Morgan fingerprint density at radius 3 is 2.00 bits per heavy atom. The summed E-state index contributed by atoms with van der Waals surface area (Å²) in [5.74, 6) is 0. The van der Waals surface area contributed by atoms with Crippen LogP contribution in [0.15, 0.2) is 0 Å². The summed E-state index contributed by atoms with van der Waals surface area (Å²) in [5, 5.41) is 0. The van der Waals surface area contributed by atoms with Gasteiger partial charge in [0.05, 0.1) is 0 Å². The van der Waals surface area contributed by atoms with E-state index in [0.29, 0.717) is 0 Å². The van der Waals surface area contributed by atoms with E-state index in [1.807, 2.05) is 0 Å². The highest BCUT2D eigenvalue weighted by Crippen LogP contribution is 2.10. The first-order chi connectivity index (χ1) is 2.77. The Hall–Kier alpha value is 0.270. The Labute approximate surface area is 43.7 Å². The van der Waals surface area contributed by atoms with Crippen LogP contribution in [0, 0.1) is 0 Å². The van der Waals surface area contributed by atoms with Gasteiger partial charge in [-0.25, -0.2) is 0 Å². The van der Waals surface area contributed by atoms with Crippen molar-refractivity contribution in [3.05, 3.63) is 0 Å². The highest BCUT2D eigenvalue weighted by molar-refractivity contribution is 7.36. The number of rotatable bonds is 2. The second-order valence-corrected chi connectivity index (χ2v) is 1.35. The zero-order valence-electron chi connectivity index (χ0n) is 4.38.